The van der Waals surface area contributed by atoms with Gasteiger partial charge in [0.05, 0.1) is 19.8 Å². The number of thiophene rings is 1. The maximum absolute atomic E-state index is 14.0. The van der Waals surface area contributed by atoms with Crippen LogP contribution in [-0.2, 0) is 17.7 Å². The van der Waals surface area contributed by atoms with Crippen molar-refractivity contribution >= 4 is 34.8 Å². The zero-order chi connectivity index (χ0) is 32.3. The summed E-state index contributed by atoms with van der Waals surface area (Å²) in [6.45, 7) is 0.818. The Morgan fingerprint density at radius 1 is 1.02 bits per heavy atom. The van der Waals surface area contributed by atoms with Crippen molar-refractivity contribution in [2.24, 2.45) is 5.73 Å². The molecule has 1 fully saturated rings. The second-order valence-corrected chi connectivity index (χ2v) is 12.3. The molecule has 0 unspecified atom stereocenters. The predicted octanol–water partition coefficient (Wildman–Crippen LogP) is 5.87. The van der Waals surface area contributed by atoms with Crippen LogP contribution in [0.3, 0.4) is 0 Å². The van der Waals surface area contributed by atoms with Crippen LogP contribution >= 0.6 is 11.3 Å². The summed E-state index contributed by atoms with van der Waals surface area (Å²) in [4.78, 5) is 46.0. The number of nitrogens with zero attached hydrogens (tertiary/aromatic N) is 2. The molecule has 6 rings (SSSR count). The third-order valence-corrected chi connectivity index (χ3v) is 9.49. The number of carbonyl (C=O) groups excluding carboxylic acids is 3. The van der Waals surface area contributed by atoms with Gasteiger partial charge in [-0.3, -0.25) is 9.59 Å². The Balaban J connectivity index is 1.45. The molecule has 46 heavy (non-hydrogen) atoms. The van der Waals surface area contributed by atoms with Crippen molar-refractivity contribution in [2.75, 3.05) is 19.0 Å². The van der Waals surface area contributed by atoms with E-state index in [-0.39, 0.29) is 17.0 Å². The van der Waals surface area contributed by atoms with Crippen molar-refractivity contribution in [3.05, 3.63) is 88.1 Å². The number of fused-ring (bicyclic) bond motifs is 3. The molecule has 4 N–H and O–H groups in total. The normalized spacial score (nSPS) is 14.8. The molecule has 3 heterocycles. The molecule has 0 bridgehead atoms. The number of nitrogens with two attached hydrogens (primary N) is 1. The largest absolute Gasteiger partial charge is 0.493 e. The quantitative estimate of drug-likeness (QED) is 0.213. The lowest BCUT2D eigenvalue weighted by molar-refractivity contribution is 0.0594. The monoisotopic (exact) mass is 635 g/mol. The molecular weight excluding hydrogens is 602 g/mol. The molecule has 0 atom stereocenters. The molecule has 0 spiro atoms. The van der Waals surface area contributed by atoms with Crippen LogP contribution in [0.5, 0.6) is 5.75 Å². The first-order chi connectivity index (χ1) is 22.3. The summed E-state index contributed by atoms with van der Waals surface area (Å²) < 4.78 is 11.2. The van der Waals surface area contributed by atoms with Gasteiger partial charge in [-0.1, -0.05) is 31.4 Å². The Morgan fingerprint density at radius 2 is 1.80 bits per heavy atom. The first-order valence-electron chi connectivity index (χ1n) is 15.2. The molecule has 234 valence electrons. The second kappa shape index (κ2) is 13.1. The van der Waals surface area contributed by atoms with Gasteiger partial charge >= 0.3 is 5.97 Å². The van der Waals surface area contributed by atoms with Crippen LogP contribution < -0.4 is 21.1 Å². The van der Waals surface area contributed by atoms with E-state index in [9.17, 15) is 19.6 Å². The molecule has 10 nitrogen and oxygen atoms in total. The van der Waals surface area contributed by atoms with Gasteiger partial charge in [0.15, 0.2) is 5.69 Å². The average Bonchev–Trinajstić information content (AvgIpc) is 3.49. The number of carbonyl (C=O) groups is 3. The van der Waals surface area contributed by atoms with E-state index >= 15 is 0 Å². The van der Waals surface area contributed by atoms with E-state index in [0.717, 1.165) is 40.8 Å². The zero-order valence-electron chi connectivity index (χ0n) is 25.4. The number of hydrogen-bond donors (Lipinski definition) is 3. The average molecular weight is 636 g/mol. The Bertz CT molecular complexity index is 1850. The standard InChI is InChI=1S/C35H33N5O5S/c1-44-34(43)30-24(9-10-28(39-30)33(42)40-35(20-37)13-3-2-4-14-35)25-18-29-27(31-22(11-15-45-29)12-16-46-31)17-26(25)32(41)38-23-7-5-21(19-36)6-8-23/h5-10,12,16-18H,2-4,11,13-15,19,36H2,1H3,(H,38,41)(H,40,42). The highest BCUT2D eigenvalue weighted by molar-refractivity contribution is 7.13. The number of nitrogens with one attached hydrogen (secondary N) is 2. The van der Waals surface area contributed by atoms with Crippen LogP contribution in [0.25, 0.3) is 21.6 Å². The van der Waals surface area contributed by atoms with E-state index < -0.39 is 23.3 Å². The van der Waals surface area contributed by atoms with E-state index in [0.29, 0.717) is 55.0 Å². The van der Waals surface area contributed by atoms with Crippen molar-refractivity contribution in [2.45, 2.75) is 50.6 Å². The Kier molecular flexibility index (Phi) is 8.83. The SMILES string of the molecule is COC(=O)c1nc(C(=O)NC2(C#N)CCCCC2)ccc1-c1cc2c(cc1C(=O)Nc1ccc(CN)cc1)-c1sccc1CCO2. The van der Waals surface area contributed by atoms with E-state index in [4.69, 9.17) is 15.2 Å². The van der Waals surface area contributed by atoms with Crippen LogP contribution in [0.4, 0.5) is 5.69 Å². The first kappa shape index (κ1) is 31.0. The molecule has 1 aliphatic heterocycles. The number of hydrogen-bond acceptors (Lipinski definition) is 9. The molecule has 0 radical (unpaired) electrons. The lowest BCUT2D eigenvalue weighted by atomic mass is 9.83. The fraction of sp³-hybridized carbons (Fsp3) is 0.286. The molecule has 0 saturated heterocycles. The van der Waals surface area contributed by atoms with Gasteiger partial charge in [-0.25, -0.2) is 9.78 Å². The second-order valence-electron chi connectivity index (χ2n) is 11.4. The Morgan fingerprint density at radius 3 is 2.52 bits per heavy atom. The van der Waals surface area contributed by atoms with Gasteiger partial charge in [0, 0.05) is 45.8 Å². The molecule has 11 heteroatoms. The lowest BCUT2D eigenvalue weighted by Crippen LogP contribution is -2.48. The molecular formula is C35H33N5O5S. The van der Waals surface area contributed by atoms with Crippen molar-refractivity contribution < 1.29 is 23.9 Å². The Hall–Kier alpha value is -5.05. The number of methoxy groups -OCH3 is 1. The number of aromatic nitrogens is 1. The fourth-order valence-corrected chi connectivity index (χ4v) is 6.98. The van der Waals surface area contributed by atoms with E-state index in [1.54, 1.807) is 41.7 Å². The number of benzene rings is 2. The Labute approximate surface area is 270 Å². The third-order valence-electron chi connectivity index (χ3n) is 8.50. The maximum Gasteiger partial charge on any atom is 0.357 e. The minimum atomic E-state index is -0.982. The van der Waals surface area contributed by atoms with E-state index in [1.165, 1.54) is 13.2 Å². The molecule has 1 saturated carbocycles. The first-order valence-corrected chi connectivity index (χ1v) is 16.0. The lowest BCUT2D eigenvalue weighted by Gasteiger charge is -2.31. The van der Waals surface area contributed by atoms with Gasteiger partial charge in [0.25, 0.3) is 11.8 Å². The third kappa shape index (κ3) is 6.09. The van der Waals surface area contributed by atoms with Crippen molar-refractivity contribution in [3.8, 4) is 33.4 Å². The summed E-state index contributed by atoms with van der Waals surface area (Å²) >= 11 is 1.57. The highest BCUT2D eigenvalue weighted by Crippen LogP contribution is 2.43. The summed E-state index contributed by atoms with van der Waals surface area (Å²) in [5, 5.41) is 17.7. The maximum atomic E-state index is 14.0. The van der Waals surface area contributed by atoms with Crippen LogP contribution in [0, 0.1) is 11.3 Å². The fourth-order valence-electron chi connectivity index (χ4n) is 6.01. The number of nitriles is 1. The summed E-state index contributed by atoms with van der Waals surface area (Å²) in [6.07, 6.45) is 4.48. The number of esters is 1. The zero-order valence-corrected chi connectivity index (χ0v) is 26.2. The summed E-state index contributed by atoms with van der Waals surface area (Å²) in [5.74, 6) is -1.19. The summed E-state index contributed by atoms with van der Waals surface area (Å²) in [5.41, 5.74) is 8.93. The minimum absolute atomic E-state index is 0.0374. The van der Waals surface area contributed by atoms with Crippen LogP contribution in [0.15, 0.2) is 60.0 Å². The van der Waals surface area contributed by atoms with Crippen molar-refractivity contribution in [3.63, 3.8) is 0 Å². The number of amides is 2. The molecule has 4 aromatic rings. The van der Waals surface area contributed by atoms with Crippen molar-refractivity contribution in [1.82, 2.24) is 10.3 Å². The predicted molar refractivity (Wildman–Crippen MR) is 175 cm³/mol. The van der Waals surface area contributed by atoms with Crippen molar-refractivity contribution in [1.29, 1.82) is 5.26 Å². The molecule has 1 aliphatic carbocycles. The van der Waals surface area contributed by atoms with Crippen LogP contribution in [-0.4, -0.2) is 42.0 Å². The van der Waals surface area contributed by atoms with Gasteiger partial charge in [-0.15, -0.1) is 11.3 Å². The summed E-state index contributed by atoms with van der Waals surface area (Å²) in [6, 6.07) is 18.1. The molecule has 2 amide bonds. The van der Waals surface area contributed by atoms with E-state index in [2.05, 4.69) is 27.8 Å². The smallest absolute Gasteiger partial charge is 0.357 e. The highest BCUT2D eigenvalue weighted by atomic mass is 32.1. The molecule has 2 aromatic heterocycles. The summed E-state index contributed by atoms with van der Waals surface area (Å²) in [7, 11) is 1.23. The van der Waals surface area contributed by atoms with E-state index in [1.807, 2.05) is 17.5 Å². The van der Waals surface area contributed by atoms with Crippen LogP contribution in [0.1, 0.15) is 74.6 Å². The minimum Gasteiger partial charge on any atom is -0.493 e. The number of anilines is 1. The number of rotatable bonds is 7. The molecule has 2 aliphatic rings. The molecule has 2 aromatic carbocycles. The number of pyridine rings is 1. The van der Waals surface area contributed by atoms with Gasteiger partial charge in [0.1, 0.15) is 17.0 Å². The van der Waals surface area contributed by atoms with Gasteiger partial charge < -0.3 is 25.8 Å². The van der Waals surface area contributed by atoms with Crippen LogP contribution in [0.2, 0.25) is 0 Å². The van der Waals surface area contributed by atoms with Gasteiger partial charge in [0.2, 0.25) is 0 Å². The van der Waals surface area contributed by atoms with Gasteiger partial charge in [-0.2, -0.15) is 5.26 Å². The van der Waals surface area contributed by atoms with Gasteiger partial charge in [-0.05, 0) is 71.8 Å². The highest BCUT2D eigenvalue weighted by Gasteiger charge is 2.35. The number of ether oxygens (including phenoxy) is 2. The topological polar surface area (TPSA) is 156 Å².